The van der Waals surface area contributed by atoms with Crippen molar-refractivity contribution < 1.29 is 8.42 Å². The van der Waals surface area contributed by atoms with Crippen LogP contribution in [0.15, 0.2) is 42.5 Å². The van der Waals surface area contributed by atoms with Gasteiger partial charge in [-0.3, -0.25) is 0 Å². The van der Waals surface area contributed by atoms with Gasteiger partial charge in [0.2, 0.25) is 0 Å². The van der Waals surface area contributed by atoms with Crippen molar-refractivity contribution in [1.82, 2.24) is 9.62 Å². The van der Waals surface area contributed by atoms with Crippen LogP contribution in [0.4, 0.5) is 11.4 Å². The molecule has 1 N–H and O–H groups in total. The summed E-state index contributed by atoms with van der Waals surface area (Å²) in [5.41, 5.74) is 3.26. The number of hydrogen-bond acceptors (Lipinski definition) is 3. The van der Waals surface area contributed by atoms with Gasteiger partial charge in [0.05, 0.1) is 16.4 Å². The zero-order chi connectivity index (χ0) is 18.7. The van der Waals surface area contributed by atoms with E-state index in [2.05, 4.69) is 11.4 Å². The third-order valence-electron chi connectivity index (χ3n) is 4.51. The second-order valence-electron chi connectivity index (χ2n) is 6.50. The molecular weight excluding hydrogens is 370 g/mol. The van der Waals surface area contributed by atoms with Crippen LogP contribution in [0, 0.1) is 6.92 Å². The lowest BCUT2D eigenvalue weighted by molar-refractivity contribution is 0.389. The maximum Gasteiger partial charge on any atom is 0.308 e. The summed E-state index contributed by atoms with van der Waals surface area (Å²) in [5, 5.41) is 3.51. The van der Waals surface area contributed by atoms with Gasteiger partial charge in [-0.15, -0.1) is 0 Å². The van der Waals surface area contributed by atoms with Crippen LogP contribution in [-0.2, 0) is 16.8 Å². The fraction of sp³-hybridized carbons (Fsp3) is 0.368. The van der Waals surface area contributed by atoms with Crippen molar-refractivity contribution in [3.05, 3.63) is 58.6 Å². The molecule has 26 heavy (non-hydrogen) atoms. The first-order valence-electron chi connectivity index (χ1n) is 8.74. The highest BCUT2D eigenvalue weighted by Gasteiger charge is 2.38. The molecule has 0 spiro atoms. The molecule has 7 heteroatoms. The maximum atomic E-state index is 13.4. The predicted molar refractivity (Wildman–Crippen MR) is 107 cm³/mol. The first-order chi connectivity index (χ1) is 12.4. The molecule has 0 amide bonds. The highest BCUT2D eigenvalue weighted by molar-refractivity contribution is 7.91. The van der Waals surface area contributed by atoms with E-state index in [9.17, 15) is 8.42 Å². The zero-order valence-electron chi connectivity index (χ0n) is 15.1. The van der Waals surface area contributed by atoms with Gasteiger partial charge in [-0.05, 0) is 57.1 Å². The Hall–Kier alpha value is -1.60. The standard InChI is InChI=1S/C19H24ClN3O2S/c1-15-9-10-18-16(13-15)14-22(12-6-5-11-21-2)26(24,25)23(18)19-8-4-3-7-17(19)20/h3-4,7-10,13,21H,5-6,11-12,14H2,1-2H3. The highest BCUT2D eigenvalue weighted by Crippen LogP contribution is 2.41. The number of aryl methyl sites for hydroxylation is 1. The molecule has 0 fully saturated rings. The van der Waals surface area contributed by atoms with Crippen LogP contribution in [0.2, 0.25) is 5.02 Å². The Balaban J connectivity index is 2.04. The van der Waals surface area contributed by atoms with Gasteiger partial charge in [0.15, 0.2) is 0 Å². The molecule has 0 saturated heterocycles. The molecule has 0 unspecified atom stereocenters. The van der Waals surface area contributed by atoms with Gasteiger partial charge in [-0.1, -0.05) is 41.4 Å². The van der Waals surface area contributed by atoms with Gasteiger partial charge >= 0.3 is 10.2 Å². The summed E-state index contributed by atoms with van der Waals surface area (Å²) in [6.07, 6.45) is 1.73. The molecular formula is C19H24ClN3O2S. The molecule has 0 bridgehead atoms. The van der Waals surface area contributed by atoms with Crippen LogP contribution in [0.25, 0.3) is 0 Å². The van der Waals surface area contributed by atoms with Crippen LogP contribution < -0.4 is 9.62 Å². The summed E-state index contributed by atoms with van der Waals surface area (Å²) in [7, 11) is -1.79. The number of para-hydroxylation sites is 1. The Morgan fingerprint density at radius 1 is 1.12 bits per heavy atom. The monoisotopic (exact) mass is 393 g/mol. The van der Waals surface area contributed by atoms with Crippen LogP contribution in [0.3, 0.4) is 0 Å². The van der Waals surface area contributed by atoms with Crippen LogP contribution in [-0.4, -0.2) is 32.9 Å². The number of halogens is 1. The zero-order valence-corrected chi connectivity index (χ0v) is 16.6. The van der Waals surface area contributed by atoms with E-state index in [-0.39, 0.29) is 0 Å². The van der Waals surface area contributed by atoms with Crippen LogP contribution in [0.1, 0.15) is 24.0 Å². The normalized spacial score (nSPS) is 16.5. The molecule has 0 radical (unpaired) electrons. The Labute approximate surface area is 160 Å². The number of benzene rings is 2. The van der Waals surface area contributed by atoms with E-state index in [4.69, 9.17) is 11.6 Å². The predicted octanol–water partition coefficient (Wildman–Crippen LogP) is 3.85. The van der Waals surface area contributed by atoms with Crippen molar-refractivity contribution in [1.29, 1.82) is 0 Å². The number of anilines is 2. The van der Waals surface area contributed by atoms with E-state index in [1.54, 1.807) is 28.6 Å². The summed E-state index contributed by atoms with van der Waals surface area (Å²) < 4.78 is 29.6. The first kappa shape index (κ1) is 19.2. The largest absolute Gasteiger partial charge is 0.320 e. The van der Waals surface area contributed by atoms with Crippen molar-refractivity contribution >= 4 is 33.2 Å². The molecule has 1 aliphatic rings. The van der Waals surface area contributed by atoms with Crippen molar-refractivity contribution in [2.75, 3.05) is 24.4 Å². The lowest BCUT2D eigenvalue weighted by Gasteiger charge is -2.37. The average Bonchev–Trinajstić information content (AvgIpc) is 2.60. The van der Waals surface area contributed by atoms with Gasteiger partial charge < -0.3 is 5.32 Å². The minimum Gasteiger partial charge on any atom is -0.320 e. The number of fused-ring (bicyclic) bond motifs is 1. The van der Waals surface area contributed by atoms with Crippen LogP contribution in [0.5, 0.6) is 0 Å². The quantitative estimate of drug-likeness (QED) is 0.758. The van der Waals surface area contributed by atoms with Gasteiger partial charge in [-0.2, -0.15) is 12.7 Å². The average molecular weight is 394 g/mol. The van der Waals surface area contributed by atoms with E-state index in [0.29, 0.717) is 29.5 Å². The second kappa shape index (κ2) is 7.96. The smallest absolute Gasteiger partial charge is 0.308 e. The Kier molecular flexibility index (Phi) is 5.87. The molecule has 0 aliphatic carbocycles. The Morgan fingerprint density at radius 3 is 2.62 bits per heavy atom. The van der Waals surface area contributed by atoms with Gasteiger partial charge in [-0.25, -0.2) is 4.31 Å². The van der Waals surface area contributed by atoms with Gasteiger partial charge in [0.25, 0.3) is 0 Å². The molecule has 3 rings (SSSR count). The van der Waals surface area contributed by atoms with Crippen molar-refractivity contribution in [3.63, 3.8) is 0 Å². The number of rotatable bonds is 6. The highest BCUT2D eigenvalue weighted by atomic mass is 35.5. The molecule has 140 valence electrons. The fourth-order valence-electron chi connectivity index (χ4n) is 3.21. The number of nitrogens with zero attached hydrogens (tertiary/aromatic N) is 2. The number of unbranched alkanes of at least 4 members (excludes halogenated alkanes) is 1. The molecule has 2 aromatic carbocycles. The summed E-state index contributed by atoms with van der Waals surface area (Å²) in [6.45, 7) is 3.76. The van der Waals surface area contributed by atoms with Crippen molar-refractivity contribution in [2.24, 2.45) is 0 Å². The van der Waals surface area contributed by atoms with Crippen molar-refractivity contribution in [2.45, 2.75) is 26.3 Å². The van der Waals surface area contributed by atoms with Gasteiger partial charge in [0, 0.05) is 13.1 Å². The van der Waals surface area contributed by atoms with Crippen LogP contribution >= 0.6 is 11.6 Å². The summed E-state index contributed by atoms with van der Waals surface area (Å²) in [5.74, 6) is 0. The molecule has 1 aliphatic heterocycles. The minimum absolute atomic E-state index is 0.389. The molecule has 0 atom stereocenters. The van der Waals surface area contributed by atoms with E-state index in [1.807, 2.05) is 26.1 Å². The van der Waals surface area contributed by atoms with Gasteiger partial charge in [0.1, 0.15) is 0 Å². The van der Waals surface area contributed by atoms with E-state index in [1.165, 1.54) is 4.31 Å². The first-order valence-corrected chi connectivity index (χ1v) is 10.5. The molecule has 0 saturated carbocycles. The fourth-order valence-corrected chi connectivity index (χ4v) is 5.20. The summed E-state index contributed by atoms with van der Waals surface area (Å²) in [4.78, 5) is 0. The van der Waals surface area contributed by atoms with E-state index in [0.717, 1.165) is 30.5 Å². The second-order valence-corrected chi connectivity index (χ2v) is 8.68. The number of nitrogens with one attached hydrogen (secondary N) is 1. The summed E-state index contributed by atoms with van der Waals surface area (Å²) in [6, 6.07) is 12.9. The molecule has 1 heterocycles. The third-order valence-corrected chi connectivity index (χ3v) is 6.65. The van der Waals surface area contributed by atoms with Crippen molar-refractivity contribution in [3.8, 4) is 0 Å². The topological polar surface area (TPSA) is 52.6 Å². The Bertz CT molecular complexity index is 886. The summed E-state index contributed by atoms with van der Waals surface area (Å²) >= 11 is 6.34. The van der Waals surface area contributed by atoms with E-state index < -0.39 is 10.2 Å². The Morgan fingerprint density at radius 2 is 1.88 bits per heavy atom. The SMILES string of the molecule is CNCCCCN1Cc2cc(C)ccc2N(c2ccccc2Cl)S1(=O)=O. The lowest BCUT2D eigenvalue weighted by Crippen LogP contribution is -2.45. The lowest BCUT2D eigenvalue weighted by atomic mass is 10.1. The number of hydrogen-bond donors (Lipinski definition) is 1. The molecule has 5 nitrogen and oxygen atoms in total. The maximum absolute atomic E-state index is 13.4. The van der Waals surface area contributed by atoms with E-state index >= 15 is 0 Å². The third kappa shape index (κ3) is 3.74. The minimum atomic E-state index is -3.69. The molecule has 0 aromatic heterocycles. The molecule has 2 aromatic rings.